The summed E-state index contributed by atoms with van der Waals surface area (Å²) in [5, 5.41) is 9.57. The van der Waals surface area contributed by atoms with Crippen molar-refractivity contribution in [1.29, 1.82) is 0 Å². The van der Waals surface area contributed by atoms with Gasteiger partial charge in [-0.1, -0.05) is 72.8 Å². The van der Waals surface area contributed by atoms with Crippen LogP contribution < -0.4 is 4.74 Å². The van der Waals surface area contributed by atoms with Crippen molar-refractivity contribution >= 4 is 5.97 Å². The zero-order chi connectivity index (χ0) is 19.6. The largest absolute Gasteiger partial charge is 0.489 e. The molecule has 0 radical (unpaired) electrons. The highest BCUT2D eigenvalue weighted by Crippen LogP contribution is 2.20. The predicted molar refractivity (Wildman–Crippen MR) is 111 cm³/mol. The van der Waals surface area contributed by atoms with E-state index in [9.17, 15) is 9.90 Å². The van der Waals surface area contributed by atoms with Crippen LogP contribution in [0.2, 0.25) is 0 Å². The first-order chi connectivity index (χ1) is 13.7. The van der Waals surface area contributed by atoms with E-state index in [0.717, 1.165) is 29.7 Å². The fourth-order valence-corrected chi connectivity index (χ4v) is 3.26. The van der Waals surface area contributed by atoms with Crippen LogP contribution in [-0.4, -0.2) is 11.1 Å². The molecule has 3 nitrogen and oxygen atoms in total. The number of hydrogen-bond acceptors (Lipinski definition) is 2. The average molecular weight is 374 g/mol. The molecule has 0 bridgehead atoms. The van der Waals surface area contributed by atoms with E-state index in [0.29, 0.717) is 19.4 Å². The third kappa shape index (κ3) is 6.27. The quantitative estimate of drug-likeness (QED) is 0.507. The molecule has 144 valence electrons. The van der Waals surface area contributed by atoms with Gasteiger partial charge in [0, 0.05) is 0 Å². The third-order valence-corrected chi connectivity index (χ3v) is 4.86. The summed E-state index contributed by atoms with van der Waals surface area (Å²) in [6, 6.07) is 28.0. The van der Waals surface area contributed by atoms with Crippen LogP contribution in [0.5, 0.6) is 5.75 Å². The molecule has 1 atom stereocenters. The maximum Gasteiger partial charge on any atom is 0.306 e. The van der Waals surface area contributed by atoms with Crippen molar-refractivity contribution in [2.75, 3.05) is 0 Å². The smallest absolute Gasteiger partial charge is 0.306 e. The highest BCUT2D eigenvalue weighted by molar-refractivity contribution is 5.70. The van der Waals surface area contributed by atoms with E-state index in [2.05, 4.69) is 12.1 Å². The second kappa shape index (κ2) is 10.3. The number of carboxylic acids is 1. The summed E-state index contributed by atoms with van der Waals surface area (Å²) in [5.74, 6) is -0.291. The summed E-state index contributed by atoms with van der Waals surface area (Å²) >= 11 is 0. The fraction of sp³-hybridized carbons (Fsp3) is 0.240. The molecule has 3 aromatic carbocycles. The van der Waals surface area contributed by atoms with Crippen LogP contribution in [0.3, 0.4) is 0 Å². The monoisotopic (exact) mass is 374 g/mol. The topological polar surface area (TPSA) is 46.5 Å². The summed E-state index contributed by atoms with van der Waals surface area (Å²) in [7, 11) is 0. The van der Waals surface area contributed by atoms with Gasteiger partial charge in [0.1, 0.15) is 12.4 Å². The van der Waals surface area contributed by atoms with E-state index in [1.165, 1.54) is 5.56 Å². The molecule has 0 amide bonds. The second-order valence-corrected chi connectivity index (χ2v) is 7.04. The van der Waals surface area contributed by atoms with Crippen LogP contribution >= 0.6 is 0 Å². The number of carboxylic acid groups (broad SMARTS) is 1. The molecule has 0 fully saturated rings. The van der Waals surface area contributed by atoms with Crippen molar-refractivity contribution in [2.45, 2.75) is 32.3 Å². The summed E-state index contributed by atoms with van der Waals surface area (Å²) in [5.41, 5.74) is 3.40. The minimum Gasteiger partial charge on any atom is -0.489 e. The van der Waals surface area contributed by atoms with E-state index < -0.39 is 5.97 Å². The van der Waals surface area contributed by atoms with Crippen LogP contribution in [0.4, 0.5) is 0 Å². The van der Waals surface area contributed by atoms with E-state index in [4.69, 9.17) is 4.74 Å². The molecular formula is C25H26O3. The molecule has 3 heteroatoms. The summed E-state index contributed by atoms with van der Waals surface area (Å²) in [6.45, 7) is 0.525. The zero-order valence-electron chi connectivity index (χ0n) is 16.0. The highest BCUT2D eigenvalue weighted by Gasteiger charge is 2.17. The van der Waals surface area contributed by atoms with E-state index in [1.807, 2.05) is 72.8 Å². The number of rotatable bonds is 10. The van der Waals surface area contributed by atoms with Crippen molar-refractivity contribution in [3.05, 3.63) is 102 Å². The van der Waals surface area contributed by atoms with Crippen LogP contribution in [0, 0.1) is 5.92 Å². The number of ether oxygens (including phenoxy) is 1. The SMILES string of the molecule is O=C(O)C(CCCc1ccccc1)Cc1ccc(OCc2ccccc2)cc1. The van der Waals surface area contributed by atoms with Gasteiger partial charge in [-0.05, 0) is 54.5 Å². The lowest BCUT2D eigenvalue weighted by molar-refractivity contribution is -0.141. The van der Waals surface area contributed by atoms with Gasteiger partial charge in [0.2, 0.25) is 0 Å². The van der Waals surface area contributed by atoms with E-state index >= 15 is 0 Å². The first-order valence-electron chi connectivity index (χ1n) is 9.73. The molecule has 0 heterocycles. The van der Waals surface area contributed by atoms with Gasteiger partial charge in [0.05, 0.1) is 5.92 Å². The Hall–Kier alpha value is -3.07. The van der Waals surface area contributed by atoms with Crippen molar-refractivity contribution in [1.82, 2.24) is 0 Å². The summed E-state index contributed by atoms with van der Waals surface area (Å²) in [6.07, 6.45) is 3.01. The van der Waals surface area contributed by atoms with E-state index in [-0.39, 0.29) is 5.92 Å². The molecule has 28 heavy (non-hydrogen) atoms. The van der Waals surface area contributed by atoms with Crippen LogP contribution in [0.1, 0.15) is 29.5 Å². The molecular weight excluding hydrogens is 348 g/mol. The van der Waals surface area contributed by atoms with Crippen LogP contribution in [0.15, 0.2) is 84.9 Å². The lowest BCUT2D eigenvalue weighted by Gasteiger charge is -2.13. The third-order valence-electron chi connectivity index (χ3n) is 4.86. The molecule has 0 saturated heterocycles. The summed E-state index contributed by atoms with van der Waals surface area (Å²) in [4.78, 5) is 11.6. The summed E-state index contributed by atoms with van der Waals surface area (Å²) < 4.78 is 5.80. The maximum atomic E-state index is 11.6. The van der Waals surface area contributed by atoms with Crippen LogP contribution in [-0.2, 0) is 24.2 Å². The van der Waals surface area contributed by atoms with Gasteiger partial charge in [0.15, 0.2) is 0 Å². The lowest BCUT2D eigenvalue weighted by atomic mass is 9.93. The standard InChI is InChI=1S/C25H26O3/c26-25(27)23(13-7-12-20-8-3-1-4-9-20)18-21-14-16-24(17-15-21)28-19-22-10-5-2-6-11-22/h1-6,8-11,14-17,23H,7,12-13,18-19H2,(H,26,27). The van der Waals surface area contributed by atoms with Crippen molar-refractivity contribution in [3.63, 3.8) is 0 Å². The Morgan fingerprint density at radius 3 is 2.00 bits per heavy atom. The van der Waals surface area contributed by atoms with Gasteiger partial charge >= 0.3 is 5.97 Å². The molecule has 0 aromatic heterocycles. The van der Waals surface area contributed by atoms with Gasteiger partial charge in [-0.15, -0.1) is 0 Å². The van der Waals surface area contributed by atoms with Crippen molar-refractivity contribution in [3.8, 4) is 5.75 Å². The van der Waals surface area contributed by atoms with Crippen molar-refractivity contribution in [2.24, 2.45) is 5.92 Å². The average Bonchev–Trinajstić information content (AvgIpc) is 2.74. The molecule has 1 unspecified atom stereocenters. The minimum absolute atomic E-state index is 0.361. The van der Waals surface area contributed by atoms with Crippen LogP contribution in [0.25, 0.3) is 0 Å². The lowest BCUT2D eigenvalue weighted by Crippen LogP contribution is -2.16. The molecule has 0 aliphatic rings. The molecule has 1 N–H and O–H groups in total. The number of hydrogen-bond donors (Lipinski definition) is 1. The molecule has 3 rings (SSSR count). The second-order valence-electron chi connectivity index (χ2n) is 7.04. The highest BCUT2D eigenvalue weighted by atomic mass is 16.5. The molecule has 0 aliphatic carbocycles. The van der Waals surface area contributed by atoms with Crippen molar-refractivity contribution < 1.29 is 14.6 Å². The first kappa shape index (κ1) is 19.7. The Morgan fingerprint density at radius 1 is 0.786 bits per heavy atom. The van der Waals surface area contributed by atoms with Gasteiger partial charge in [0.25, 0.3) is 0 Å². The number of aryl methyl sites for hydroxylation is 1. The Morgan fingerprint density at radius 2 is 1.39 bits per heavy atom. The predicted octanol–water partition coefficient (Wildman–Crippen LogP) is 5.53. The van der Waals surface area contributed by atoms with E-state index in [1.54, 1.807) is 0 Å². The first-order valence-corrected chi connectivity index (χ1v) is 9.73. The van der Waals surface area contributed by atoms with Gasteiger partial charge in [-0.25, -0.2) is 0 Å². The van der Waals surface area contributed by atoms with Gasteiger partial charge in [-0.2, -0.15) is 0 Å². The minimum atomic E-state index is -0.725. The van der Waals surface area contributed by atoms with Gasteiger partial charge in [-0.3, -0.25) is 4.79 Å². The molecule has 0 saturated carbocycles. The molecule has 0 aliphatic heterocycles. The fourth-order valence-electron chi connectivity index (χ4n) is 3.26. The normalized spacial score (nSPS) is 11.7. The Bertz CT molecular complexity index is 842. The molecule has 0 spiro atoms. The Labute approximate surface area is 166 Å². The Balaban J connectivity index is 1.49. The molecule has 3 aromatic rings. The number of aliphatic carboxylic acids is 1. The number of benzene rings is 3. The zero-order valence-corrected chi connectivity index (χ0v) is 16.0. The van der Waals surface area contributed by atoms with Gasteiger partial charge < -0.3 is 9.84 Å². The number of carbonyl (C=O) groups is 1. The Kier molecular flexibility index (Phi) is 7.25. The maximum absolute atomic E-state index is 11.6.